The van der Waals surface area contributed by atoms with Crippen molar-refractivity contribution in [3.05, 3.63) is 30.1 Å². The van der Waals surface area contributed by atoms with Gasteiger partial charge in [0.25, 0.3) is 0 Å². The smallest absolute Gasteiger partial charge is 0.0931 e. The van der Waals surface area contributed by atoms with Gasteiger partial charge in [-0.2, -0.15) is 5.26 Å². The number of hydrogen-bond acceptors (Lipinski definition) is 2. The first-order valence-electron chi connectivity index (χ1n) is 5.19. The number of benzene rings is 1. The van der Waals surface area contributed by atoms with Gasteiger partial charge in [-0.3, -0.25) is 0 Å². The molecular formula is C12H11N3. The zero-order valence-electron chi connectivity index (χ0n) is 8.33. The molecule has 0 bridgehead atoms. The van der Waals surface area contributed by atoms with E-state index in [-0.39, 0.29) is 5.41 Å². The largest absolute Gasteiger partial charge is 0.345 e. The molecule has 3 heteroatoms. The number of fused-ring (bicyclic) bond motifs is 1. The number of hydrogen-bond donors (Lipinski definition) is 1. The van der Waals surface area contributed by atoms with Gasteiger partial charge in [-0.25, -0.2) is 4.98 Å². The summed E-state index contributed by atoms with van der Waals surface area (Å²) >= 11 is 0. The number of aromatic amines is 1. The highest BCUT2D eigenvalue weighted by atomic mass is 14.9. The molecule has 0 radical (unpaired) electrons. The molecule has 1 fully saturated rings. The second kappa shape index (κ2) is 2.83. The Morgan fingerprint density at radius 3 is 2.93 bits per heavy atom. The van der Waals surface area contributed by atoms with Gasteiger partial charge in [0.2, 0.25) is 0 Å². The van der Waals surface area contributed by atoms with Crippen LogP contribution in [0, 0.1) is 11.3 Å². The van der Waals surface area contributed by atoms with Crippen LogP contribution in [0.2, 0.25) is 0 Å². The van der Waals surface area contributed by atoms with Crippen LogP contribution in [0.5, 0.6) is 0 Å². The summed E-state index contributed by atoms with van der Waals surface area (Å²) in [6.45, 7) is 0. The zero-order chi connectivity index (χ0) is 10.3. The molecule has 0 aliphatic heterocycles. The van der Waals surface area contributed by atoms with Crippen molar-refractivity contribution in [3.8, 4) is 6.07 Å². The molecule has 0 amide bonds. The summed E-state index contributed by atoms with van der Waals surface area (Å²) in [5.74, 6) is 0. The fraction of sp³-hybridized carbons (Fsp3) is 0.333. The molecule has 1 N–H and O–H groups in total. The van der Waals surface area contributed by atoms with Crippen LogP contribution in [0.25, 0.3) is 11.0 Å². The van der Waals surface area contributed by atoms with E-state index in [1.165, 1.54) is 0 Å². The SMILES string of the molecule is N#CC1(c2ccc3nc[nH]c3c2)CCC1. The van der Waals surface area contributed by atoms with Gasteiger partial charge in [-0.15, -0.1) is 0 Å². The van der Waals surface area contributed by atoms with Gasteiger partial charge in [0.1, 0.15) is 0 Å². The van der Waals surface area contributed by atoms with Crippen LogP contribution in [-0.2, 0) is 5.41 Å². The van der Waals surface area contributed by atoms with E-state index < -0.39 is 0 Å². The summed E-state index contributed by atoms with van der Waals surface area (Å²) in [5.41, 5.74) is 2.90. The third-order valence-electron chi connectivity index (χ3n) is 3.39. The van der Waals surface area contributed by atoms with Gasteiger partial charge in [-0.1, -0.05) is 6.07 Å². The summed E-state index contributed by atoms with van der Waals surface area (Å²) in [4.78, 5) is 7.26. The van der Waals surface area contributed by atoms with Crippen molar-refractivity contribution in [1.82, 2.24) is 9.97 Å². The molecule has 0 atom stereocenters. The van der Waals surface area contributed by atoms with Crippen molar-refractivity contribution in [2.75, 3.05) is 0 Å². The molecule has 3 nitrogen and oxygen atoms in total. The Morgan fingerprint density at radius 2 is 2.27 bits per heavy atom. The van der Waals surface area contributed by atoms with Crippen LogP contribution in [0.4, 0.5) is 0 Å². The maximum absolute atomic E-state index is 9.24. The lowest BCUT2D eigenvalue weighted by Crippen LogP contribution is -2.32. The highest BCUT2D eigenvalue weighted by Crippen LogP contribution is 2.43. The lowest BCUT2D eigenvalue weighted by atomic mass is 9.65. The summed E-state index contributed by atoms with van der Waals surface area (Å²) in [7, 11) is 0. The Bertz CT molecular complexity index is 543. The van der Waals surface area contributed by atoms with E-state index in [4.69, 9.17) is 0 Å². The highest BCUT2D eigenvalue weighted by molar-refractivity contribution is 5.75. The Labute approximate surface area is 87.8 Å². The third-order valence-corrected chi connectivity index (χ3v) is 3.39. The number of nitrogens with one attached hydrogen (secondary N) is 1. The van der Waals surface area contributed by atoms with E-state index in [2.05, 4.69) is 22.1 Å². The number of aromatic nitrogens is 2. The molecule has 1 aromatic heterocycles. The van der Waals surface area contributed by atoms with Crippen molar-refractivity contribution in [2.24, 2.45) is 0 Å². The van der Waals surface area contributed by atoms with Crippen LogP contribution in [-0.4, -0.2) is 9.97 Å². The lowest BCUT2D eigenvalue weighted by molar-refractivity contribution is 0.324. The van der Waals surface area contributed by atoms with Crippen molar-refractivity contribution < 1.29 is 0 Å². The minimum atomic E-state index is -0.223. The second-order valence-electron chi connectivity index (χ2n) is 4.18. The van der Waals surface area contributed by atoms with Crippen LogP contribution in [0.15, 0.2) is 24.5 Å². The van der Waals surface area contributed by atoms with Crippen LogP contribution in [0.3, 0.4) is 0 Å². The van der Waals surface area contributed by atoms with Crippen molar-refractivity contribution in [2.45, 2.75) is 24.7 Å². The topological polar surface area (TPSA) is 52.5 Å². The fourth-order valence-corrected chi connectivity index (χ4v) is 2.23. The molecule has 74 valence electrons. The first-order chi connectivity index (χ1) is 7.34. The first-order valence-corrected chi connectivity index (χ1v) is 5.19. The standard InChI is InChI=1S/C12H11N3/c13-7-12(4-1-5-12)9-2-3-10-11(6-9)15-8-14-10/h2-3,6,8H,1,4-5H2,(H,14,15). The average molecular weight is 197 g/mol. The first kappa shape index (κ1) is 8.49. The molecule has 0 unspecified atom stereocenters. The Morgan fingerprint density at radius 1 is 1.40 bits per heavy atom. The summed E-state index contributed by atoms with van der Waals surface area (Å²) in [5, 5.41) is 9.24. The van der Waals surface area contributed by atoms with Crippen LogP contribution in [0.1, 0.15) is 24.8 Å². The molecule has 1 aromatic carbocycles. The number of imidazole rings is 1. The van der Waals surface area contributed by atoms with Gasteiger partial charge < -0.3 is 4.98 Å². The van der Waals surface area contributed by atoms with E-state index in [9.17, 15) is 5.26 Å². The van der Waals surface area contributed by atoms with E-state index in [1.54, 1.807) is 6.33 Å². The predicted octanol–water partition coefficient (Wildman–Crippen LogP) is 2.51. The number of nitriles is 1. The molecule has 1 aliphatic rings. The monoisotopic (exact) mass is 197 g/mol. The van der Waals surface area contributed by atoms with Crippen LogP contribution < -0.4 is 0 Å². The molecule has 1 heterocycles. The average Bonchev–Trinajstić information content (AvgIpc) is 2.64. The van der Waals surface area contributed by atoms with Gasteiger partial charge >= 0.3 is 0 Å². The van der Waals surface area contributed by atoms with Gasteiger partial charge in [0.15, 0.2) is 0 Å². The van der Waals surface area contributed by atoms with E-state index >= 15 is 0 Å². The molecule has 0 spiro atoms. The maximum atomic E-state index is 9.24. The summed E-state index contributed by atoms with van der Waals surface area (Å²) < 4.78 is 0. The lowest BCUT2D eigenvalue weighted by Gasteiger charge is -2.35. The highest BCUT2D eigenvalue weighted by Gasteiger charge is 2.38. The molecule has 1 aliphatic carbocycles. The fourth-order valence-electron chi connectivity index (χ4n) is 2.23. The van der Waals surface area contributed by atoms with Gasteiger partial charge in [-0.05, 0) is 37.0 Å². The van der Waals surface area contributed by atoms with E-state index in [1.807, 2.05) is 12.1 Å². The van der Waals surface area contributed by atoms with E-state index in [0.717, 1.165) is 35.9 Å². The van der Waals surface area contributed by atoms with Gasteiger partial charge in [0, 0.05) is 0 Å². The normalized spacial score (nSPS) is 18.3. The predicted molar refractivity (Wildman–Crippen MR) is 57.2 cm³/mol. The minimum Gasteiger partial charge on any atom is -0.345 e. The zero-order valence-corrected chi connectivity index (χ0v) is 8.33. The summed E-state index contributed by atoms with van der Waals surface area (Å²) in [6.07, 6.45) is 4.83. The van der Waals surface area contributed by atoms with Crippen molar-refractivity contribution >= 4 is 11.0 Å². The Balaban J connectivity index is 2.15. The molecule has 15 heavy (non-hydrogen) atoms. The second-order valence-corrected chi connectivity index (χ2v) is 4.18. The molecule has 2 aromatic rings. The number of H-pyrrole nitrogens is 1. The molecule has 3 rings (SSSR count). The number of nitrogens with zero attached hydrogens (tertiary/aromatic N) is 2. The van der Waals surface area contributed by atoms with Gasteiger partial charge in [0.05, 0.1) is 28.8 Å². The Hall–Kier alpha value is -1.82. The van der Waals surface area contributed by atoms with Crippen molar-refractivity contribution in [1.29, 1.82) is 5.26 Å². The maximum Gasteiger partial charge on any atom is 0.0931 e. The Kier molecular flexibility index (Phi) is 1.60. The number of rotatable bonds is 1. The molecule has 1 saturated carbocycles. The third kappa shape index (κ3) is 1.08. The summed E-state index contributed by atoms with van der Waals surface area (Å²) in [6, 6.07) is 8.53. The van der Waals surface area contributed by atoms with E-state index in [0.29, 0.717) is 0 Å². The molecular weight excluding hydrogens is 186 g/mol. The van der Waals surface area contributed by atoms with Crippen LogP contribution >= 0.6 is 0 Å². The molecule has 0 saturated heterocycles. The quantitative estimate of drug-likeness (QED) is 0.763. The van der Waals surface area contributed by atoms with Crippen molar-refractivity contribution in [3.63, 3.8) is 0 Å². The minimum absolute atomic E-state index is 0.223.